The summed E-state index contributed by atoms with van der Waals surface area (Å²) in [4.78, 5) is 22.4. The van der Waals surface area contributed by atoms with Gasteiger partial charge in [0.2, 0.25) is 5.82 Å². The fraction of sp³-hybridized carbons (Fsp3) is 0.438. The summed E-state index contributed by atoms with van der Waals surface area (Å²) in [5, 5.41) is 0.556. The number of para-hydroxylation sites is 1. The van der Waals surface area contributed by atoms with Crippen molar-refractivity contribution in [3.63, 3.8) is 0 Å². The van der Waals surface area contributed by atoms with E-state index in [2.05, 4.69) is 9.97 Å². The molecule has 1 aliphatic heterocycles. The molecule has 1 aromatic carbocycles. The minimum Gasteiger partial charge on any atom is -0.450 e. The minimum absolute atomic E-state index is 0.237. The topological polar surface area (TPSA) is 58.6 Å². The van der Waals surface area contributed by atoms with E-state index in [-0.39, 0.29) is 17.9 Å². The molecule has 6 nitrogen and oxygen atoms in total. The van der Waals surface area contributed by atoms with Crippen molar-refractivity contribution in [2.75, 3.05) is 37.7 Å². The van der Waals surface area contributed by atoms with E-state index in [1.165, 1.54) is 11.0 Å². The first-order chi connectivity index (χ1) is 11.9. The standard InChI is InChI=1S/C16H17F3N4O2/c1-2-25-15(24)23-9-7-22(8-10-23)13-11-5-3-4-6-12(11)20-14(21-13)16(17,18)19/h3-6H,2,7-10H2,1H3. The maximum absolute atomic E-state index is 13.1. The summed E-state index contributed by atoms with van der Waals surface area (Å²) in [5.74, 6) is -0.921. The largest absolute Gasteiger partial charge is 0.451 e. The van der Waals surface area contributed by atoms with Crippen LogP contribution in [-0.2, 0) is 10.9 Å². The first kappa shape index (κ1) is 17.2. The monoisotopic (exact) mass is 354 g/mol. The molecule has 1 aromatic heterocycles. The van der Waals surface area contributed by atoms with Crippen molar-refractivity contribution in [2.45, 2.75) is 13.1 Å². The van der Waals surface area contributed by atoms with E-state index in [0.29, 0.717) is 31.6 Å². The second-order valence-corrected chi connectivity index (χ2v) is 5.56. The molecule has 3 rings (SSSR count). The van der Waals surface area contributed by atoms with Crippen molar-refractivity contribution in [3.8, 4) is 0 Å². The smallest absolute Gasteiger partial charge is 0.450 e. The molecule has 25 heavy (non-hydrogen) atoms. The van der Waals surface area contributed by atoms with Gasteiger partial charge < -0.3 is 14.5 Å². The van der Waals surface area contributed by atoms with Gasteiger partial charge in [-0.15, -0.1) is 0 Å². The van der Waals surface area contributed by atoms with E-state index in [4.69, 9.17) is 4.74 Å². The number of rotatable bonds is 2. The number of anilines is 1. The molecule has 0 spiro atoms. The van der Waals surface area contributed by atoms with Gasteiger partial charge in [0.1, 0.15) is 5.82 Å². The van der Waals surface area contributed by atoms with Crippen molar-refractivity contribution in [1.82, 2.24) is 14.9 Å². The van der Waals surface area contributed by atoms with Gasteiger partial charge in [-0.3, -0.25) is 0 Å². The lowest BCUT2D eigenvalue weighted by molar-refractivity contribution is -0.144. The van der Waals surface area contributed by atoms with Crippen LogP contribution in [0.25, 0.3) is 10.9 Å². The molecule has 2 aromatic rings. The molecule has 0 bridgehead atoms. The summed E-state index contributed by atoms with van der Waals surface area (Å²) in [5.41, 5.74) is 0.243. The summed E-state index contributed by atoms with van der Waals surface area (Å²) in [6, 6.07) is 6.60. The van der Waals surface area contributed by atoms with Gasteiger partial charge >= 0.3 is 12.3 Å². The number of benzene rings is 1. The predicted octanol–water partition coefficient (Wildman–Crippen LogP) is 2.93. The molecule has 0 N–H and O–H groups in total. The van der Waals surface area contributed by atoms with Crippen molar-refractivity contribution < 1.29 is 22.7 Å². The Morgan fingerprint density at radius 2 is 1.84 bits per heavy atom. The number of halogens is 3. The molecular weight excluding hydrogens is 337 g/mol. The van der Waals surface area contributed by atoms with Crippen molar-refractivity contribution in [3.05, 3.63) is 30.1 Å². The summed E-state index contributed by atoms with van der Waals surface area (Å²) in [6.45, 7) is 3.47. The second kappa shape index (κ2) is 6.73. The van der Waals surface area contributed by atoms with Gasteiger partial charge in [-0.2, -0.15) is 13.2 Å². The number of hydrogen-bond donors (Lipinski definition) is 0. The van der Waals surface area contributed by atoms with Crippen LogP contribution in [0, 0.1) is 0 Å². The normalized spacial score (nSPS) is 15.5. The highest BCUT2D eigenvalue weighted by molar-refractivity contribution is 5.89. The second-order valence-electron chi connectivity index (χ2n) is 5.56. The first-order valence-electron chi connectivity index (χ1n) is 7.90. The fourth-order valence-corrected chi connectivity index (χ4v) is 2.74. The number of carbonyl (C=O) groups excluding carboxylic acids is 1. The zero-order chi connectivity index (χ0) is 18.0. The predicted molar refractivity (Wildman–Crippen MR) is 85.3 cm³/mol. The lowest BCUT2D eigenvalue weighted by atomic mass is 10.2. The van der Waals surface area contributed by atoms with E-state index in [1.807, 2.05) is 0 Å². The van der Waals surface area contributed by atoms with Crippen molar-refractivity contribution in [2.24, 2.45) is 0 Å². The third kappa shape index (κ3) is 3.59. The minimum atomic E-state index is -4.62. The van der Waals surface area contributed by atoms with Crippen LogP contribution in [0.1, 0.15) is 12.7 Å². The van der Waals surface area contributed by atoms with Crippen LogP contribution in [0.3, 0.4) is 0 Å². The molecule has 1 fully saturated rings. The van der Waals surface area contributed by atoms with Gasteiger partial charge in [0, 0.05) is 31.6 Å². The Morgan fingerprint density at radius 3 is 2.48 bits per heavy atom. The van der Waals surface area contributed by atoms with Crippen LogP contribution in [0.4, 0.5) is 23.8 Å². The maximum atomic E-state index is 13.1. The third-order valence-corrected chi connectivity index (χ3v) is 3.94. The van der Waals surface area contributed by atoms with Crippen LogP contribution < -0.4 is 4.90 Å². The molecule has 0 saturated carbocycles. The molecule has 2 heterocycles. The zero-order valence-corrected chi connectivity index (χ0v) is 13.6. The highest BCUT2D eigenvalue weighted by atomic mass is 19.4. The summed E-state index contributed by atoms with van der Waals surface area (Å²) < 4.78 is 44.3. The average Bonchev–Trinajstić information content (AvgIpc) is 2.60. The van der Waals surface area contributed by atoms with Crippen molar-refractivity contribution >= 4 is 22.8 Å². The lowest BCUT2D eigenvalue weighted by Gasteiger charge is -2.35. The summed E-state index contributed by atoms with van der Waals surface area (Å²) in [7, 11) is 0. The SMILES string of the molecule is CCOC(=O)N1CCN(c2nc(C(F)(F)F)nc3ccccc23)CC1. The van der Waals surface area contributed by atoms with Crippen LogP contribution in [-0.4, -0.2) is 53.7 Å². The highest BCUT2D eigenvalue weighted by Gasteiger charge is 2.36. The highest BCUT2D eigenvalue weighted by Crippen LogP contribution is 2.32. The number of ether oxygens (including phenoxy) is 1. The molecule has 0 atom stereocenters. The van der Waals surface area contributed by atoms with Gasteiger partial charge in [0.25, 0.3) is 0 Å². The van der Waals surface area contributed by atoms with Gasteiger partial charge in [-0.25, -0.2) is 14.8 Å². The number of fused-ring (bicyclic) bond motifs is 1. The summed E-state index contributed by atoms with van der Waals surface area (Å²) in [6.07, 6.45) is -5.03. The van der Waals surface area contributed by atoms with Crippen LogP contribution in [0.5, 0.6) is 0 Å². The maximum Gasteiger partial charge on any atom is 0.451 e. The number of alkyl halides is 3. The average molecular weight is 354 g/mol. The van der Waals surface area contributed by atoms with E-state index in [0.717, 1.165) is 0 Å². The number of aromatic nitrogens is 2. The Hall–Kier alpha value is -2.58. The Kier molecular flexibility index (Phi) is 4.65. The quantitative estimate of drug-likeness (QED) is 0.830. The van der Waals surface area contributed by atoms with Gasteiger partial charge in [-0.1, -0.05) is 12.1 Å². The first-order valence-corrected chi connectivity index (χ1v) is 7.90. The van der Waals surface area contributed by atoms with E-state index < -0.39 is 18.1 Å². The Morgan fingerprint density at radius 1 is 1.16 bits per heavy atom. The van der Waals surface area contributed by atoms with Crippen LogP contribution >= 0.6 is 0 Å². The molecule has 9 heteroatoms. The molecule has 0 unspecified atom stereocenters. The van der Waals surface area contributed by atoms with Gasteiger partial charge in [-0.05, 0) is 19.1 Å². The molecule has 1 amide bonds. The molecule has 0 aliphatic carbocycles. The summed E-state index contributed by atoms with van der Waals surface area (Å²) >= 11 is 0. The molecule has 1 aliphatic rings. The number of amides is 1. The Balaban J connectivity index is 1.90. The molecule has 0 radical (unpaired) electrons. The number of nitrogens with zero attached hydrogens (tertiary/aromatic N) is 4. The van der Waals surface area contributed by atoms with E-state index in [1.54, 1.807) is 30.0 Å². The van der Waals surface area contributed by atoms with Gasteiger partial charge in [0.15, 0.2) is 0 Å². The Labute approximate surface area is 142 Å². The molecular formula is C16H17F3N4O2. The lowest BCUT2D eigenvalue weighted by Crippen LogP contribution is -2.49. The molecule has 134 valence electrons. The van der Waals surface area contributed by atoms with E-state index in [9.17, 15) is 18.0 Å². The number of hydrogen-bond acceptors (Lipinski definition) is 5. The Bertz CT molecular complexity index is 774. The number of carbonyl (C=O) groups is 1. The zero-order valence-electron chi connectivity index (χ0n) is 13.6. The van der Waals surface area contributed by atoms with Crippen LogP contribution in [0.2, 0.25) is 0 Å². The van der Waals surface area contributed by atoms with Crippen molar-refractivity contribution in [1.29, 1.82) is 0 Å². The number of piperazine rings is 1. The third-order valence-electron chi connectivity index (χ3n) is 3.94. The van der Waals surface area contributed by atoms with E-state index >= 15 is 0 Å². The molecule has 1 saturated heterocycles. The van der Waals surface area contributed by atoms with Gasteiger partial charge in [0.05, 0.1) is 12.1 Å². The fourth-order valence-electron chi connectivity index (χ4n) is 2.74. The van der Waals surface area contributed by atoms with Crippen LogP contribution in [0.15, 0.2) is 24.3 Å².